The fourth-order valence-corrected chi connectivity index (χ4v) is 1.15. The van der Waals surface area contributed by atoms with E-state index in [4.69, 9.17) is 0 Å². The van der Waals surface area contributed by atoms with Crippen molar-refractivity contribution in [3.8, 4) is 0 Å². The van der Waals surface area contributed by atoms with Gasteiger partial charge < -0.3 is 0 Å². The van der Waals surface area contributed by atoms with E-state index in [1.54, 1.807) is 0 Å². The first kappa shape index (κ1) is 10.5. The van der Waals surface area contributed by atoms with E-state index in [-0.39, 0.29) is 0 Å². The van der Waals surface area contributed by atoms with Gasteiger partial charge in [-0.05, 0) is 26.2 Å². The number of rotatable bonds is 0. The van der Waals surface area contributed by atoms with Gasteiger partial charge >= 0.3 is 0 Å². The molecule has 0 unspecified atom stereocenters. The standard InChI is InChI=1S/C9H14.C2H6/c1-7-4-5-8(2)9(3)6-7;1-2/h4-5,9H,6H2,1-3H3;1-2H3/t9-;/m0./s1. The van der Waals surface area contributed by atoms with E-state index in [1.807, 2.05) is 13.8 Å². The minimum absolute atomic E-state index is 0.773. The van der Waals surface area contributed by atoms with Gasteiger partial charge in [0.25, 0.3) is 0 Å². The van der Waals surface area contributed by atoms with Gasteiger partial charge in [0.15, 0.2) is 0 Å². The molecular formula is C11H20. The monoisotopic (exact) mass is 152 g/mol. The molecule has 0 saturated carbocycles. The SMILES string of the molecule is CC.CC1=CC=C(C)[C@@H](C)C1. The van der Waals surface area contributed by atoms with Crippen molar-refractivity contribution < 1.29 is 0 Å². The molecule has 0 aromatic heterocycles. The summed E-state index contributed by atoms with van der Waals surface area (Å²) in [5, 5.41) is 0. The third kappa shape index (κ3) is 3.41. The highest BCUT2D eigenvalue weighted by atomic mass is 14.1. The summed E-state index contributed by atoms with van der Waals surface area (Å²) in [5.41, 5.74) is 3.02. The van der Waals surface area contributed by atoms with Gasteiger partial charge in [-0.2, -0.15) is 0 Å². The average molecular weight is 152 g/mol. The molecular weight excluding hydrogens is 132 g/mol. The van der Waals surface area contributed by atoms with Crippen LogP contribution in [-0.4, -0.2) is 0 Å². The second-order valence-electron chi connectivity index (χ2n) is 3.03. The summed E-state index contributed by atoms with van der Waals surface area (Å²) in [6.45, 7) is 10.7. The Balaban J connectivity index is 0.000000461. The molecule has 0 radical (unpaired) electrons. The molecule has 0 fully saturated rings. The van der Waals surface area contributed by atoms with Crippen LogP contribution in [0.1, 0.15) is 41.0 Å². The van der Waals surface area contributed by atoms with Gasteiger partial charge in [0.1, 0.15) is 0 Å². The molecule has 0 amide bonds. The van der Waals surface area contributed by atoms with E-state index in [0.29, 0.717) is 0 Å². The minimum Gasteiger partial charge on any atom is -0.0727 e. The smallest absolute Gasteiger partial charge is 0.0194 e. The maximum Gasteiger partial charge on any atom is -0.0194 e. The highest BCUT2D eigenvalue weighted by molar-refractivity contribution is 5.23. The van der Waals surface area contributed by atoms with E-state index in [9.17, 15) is 0 Å². The van der Waals surface area contributed by atoms with Crippen molar-refractivity contribution in [2.75, 3.05) is 0 Å². The number of hydrogen-bond acceptors (Lipinski definition) is 0. The van der Waals surface area contributed by atoms with Gasteiger partial charge in [0, 0.05) is 0 Å². The summed E-state index contributed by atoms with van der Waals surface area (Å²) in [4.78, 5) is 0. The van der Waals surface area contributed by atoms with Gasteiger partial charge in [-0.3, -0.25) is 0 Å². The zero-order chi connectivity index (χ0) is 8.85. The van der Waals surface area contributed by atoms with Crippen LogP contribution in [0.4, 0.5) is 0 Å². The van der Waals surface area contributed by atoms with Gasteiger partial charge in [0.05, 0.1) is 0 Å². The summed E-state index contributed by atoms with van der Waals surface area (Å²) in [7, 11) is 0. The Morgan fingerprint density at radius 1 is 1.18 bits per heavy atom. The molecule has 1 aliphatic carbocycles. The van der Waals surface area contributed by atoms with Crippen LogP contribution in [0, 0.1) is 5.92 Å². The summed E-state index contributed by atoms with van der Waals surface area (Å²) in [6, 6.07) is 0. The van der Waals surface area contributed by atoms with Crippen LogP contribution >= 0.6 is 0 Å². The molecule has 1 atom stereocenters. The van der Waals surface area contributed by atoms with Crippen molar-refractivity contribution >= 4 is 0 Å². The Bertz CT molecular complexity index is 161. The van der Waals surface area contributed by atoms with Crippen molar-refractivity contribution in [3.63, 3.8) is 0 Å². The van der Waals surface area contributed by atoms with Crippen molar-refractivity contribution in [2.24, 2.45) is 5.92 Å². The molecule has 11 heavy (non-hydrogen) atoms. The molecule has 0 heterocycles. The molecule has 0 saturated heterocycles. The molecule has 0 spiro atoms. The van der Waals surface area contributed by atoms with Crippen LogP contribution in [0.15, 0.2) is 23.3 Å². The lowest BCUT2D eigenvalue weighted by molar-refractivity contribution is 0.662. The highest BCUT2D eigenvalue weighted by Crippen LogP contribution is 2.23. The van der Waals surface area contributed by atoms with Crippen LogP contribution in [-0.2, 0) is 0 Å². The molecule has 0 bridgehead atoms. The van der Waals surface area contributed by atoms with Crippen LogP contribution in [0.5, 0.6) is 0 Å². The fraction of sp³-hybridized carbons (Fsp3) is 0.636. The van der Waals surface area contributed by atoms with Crippen molar-refractivity contribution in [1.29, 1.82) is 0 Å². The fourth-order valence-electron chi connectivity index (χ4n) is 1.15. The summed E-state index contributed by atoms with van der Waals surface area (Å²) in [6.07, 6.45) is 5.70. The average Bonchev–Trinajstić information content (AvgIpc) is 2.02. The summed E-state index contributed by atoms with van der Waals surface area (Å²) >= 11 is 0. The Morgan fingerprint density at radius 3 is 2.09 bits per heavy atom. The van der Waals surface area contributed by atoms with Gasteiger partial charge in [-0.1, -0.05) is 44.1 Å². The van der Waals surface area contributed by atoms with Gasteiger partial charge in [-0.25, -0.2) is 0 Å². The first-order valence-corrected chi connectivity index (χ1v) is 4.54. The molecule has 1 aliphatic rings. The molecule has 0 nitrogen and oxygen atoms in total. The predicted octanol–water partition coefficient (Wildman–Crippen LogP) is 3.95. The first-order valence-electron chi connectivity index (χ1n) is 4.54. The van der Waals surface area contributed by atoms with Crippen LogP contribution in [0.25, 0.3) is 0 Å². The Kier molecular flexibility index (Phi) is 4.93. The van der Waals surface area contributed by atoms with E-state index in [0.717, 1.165) is 5.92 Å². The van der Waals surface area contributed by atoms with Crippen LogP contribution < -0.4 is 0 Å². The first-order chi connectivity index (χ1) is 5.20. The number of hydrogen-bond donors (Lipinski definition) is 0. The Hall–Kier alpha value is -0.520. The molecule has 64 valence electrons. The maximum atomic E-state index is 2.28. The van der Waals surface area contributed by atoms with E-state index >= 15 is 0 Å². The number of allylic oxidation sites excluding steroid dienone is 4. The second-order valence-corrected chi connectivity index (χ2v) is 3.03. The van der Waals surface area contributed by atoms with E-state index in [1.165, 1.54) is 17.6 Å². The van der Waals surface area contributed by atoms with Crippen LogP contribution in [0.2, 0.25) is 0 Å². The molecule has 0 aromatic carbocycles. The van der Waals surface area contributed by atoms with Gasteiger partial charge in [0.2, 0.25) is 0 Å². The molecule has 0 N–H and O–H groups in total. The topological polar surface area (TPSA) is 0 Å². The zero-order valence-corrected chi connectivity index (χ0v) is 8.44. The van der Waals surface area contributed by atoms with Crippen molar-refractivity contribution in [1.82, 2.24) is 0 Å². The lowest BCUT2D eigenvalue weighted by Gasteiger charge is -2.15. The summed E-state index contributed by atoms with van der Waals surface area (Å²) < 4.78 is 0. The van der Waals surface area contributed by atoms with Crippen molar-refractivity contribution in [2.45, 2.75) is 41.0 Å². The van der Waals surface area contributed by atoms with Crippen LogP contribution in [0.3, 0.4) is 0 Å². The highest BCUT2D eigenvalue weighted by Gasteiger charge is 2.07. The van der Waals surface area contributed by atoms with E-state index in [2.05, 4.69) is 32.9 Å². The third-order valence-electron chi connectivity index (χ3n) is 2.04. The maximum absolute atomic E-state index is 2.28. The van der Waals surface area contributed by atoms with Crippen molar-refractivity contribution in [3.05, 3.63) is 23.3 Å². The lowest BCUT2D eigenvalue weighted by atomic mass is 9.90. The Morgan fingerprint density at radius 2 is 1.73 bits per heavy atom. The zero-order valence-electron chi connectivity index (χ0n) is 8.44. The van der Waals surface area contributed by atoms with E-state index < -0.39 is 0 Å². The minimum atomic E-state index is 0.773. The largest absolute Gasteiger partial charge is 0.0727 e. The normalized spacial score (nSPS) is 22.8. The third-order valence-corrected chi connectivity index (χ3v) is 2.04. The molecule has 0 aliphatic heterocycles. The molecule has 0 aromatic rings. The van der Waals surface area contributed by atoms with Gasteiger partial charge in [-0.15, -0.1) is 0 Å². The quantitative estimate of drug-likeness (QED) is 0.493. The second kappa shape index (κ2) is 5.17. The predicted molar refractivity (Wildman–Crippen MR) is 52.6 cm³/mol. The molecule has 1 rings (SSSR count). The summed E-state index contributed by atoms with van der Waals surface area (Å²) in [5.74, 6) is 0.773. The Labute approximate surface area is 71.0 Å². The lowest BCUT2D eigenvalue weighted by Crippen LogP contribution is -2.00. The molecule has 0 heteroatoms.